The molecule has 0 radical (unpaired) electrons. The summed E-state index contributed by atoms with van der Waals surface area (Å²) in [6.45, 7) is 11.1. The highest BCUT2D eigenvalue weighted by Crippen LogP contribution is 2.09. The zero-order valence-electron chi connectivity index (χ0n) is 15.2. The van der Waals surface area contributed by atoms with Crippen molar-refractivity contribution >= 4 is 6.47 Å². The molecule has 0 amide bonds. The maximum Gasteiger partial charge on any atom is 0.293 e. The summed E-state index contributed by atoms with van der Waals surface area (Å²) in [6.07, 6.45) is 0.536. The van der Waals surface area contributed by atoms with Crippen LogP contribution in [0.2, 0.25) is 0 Å². The number of carbonyl (C=O) groups excluding carboxylic acids is 1. The van der Waals surface area contributed by atoms with E-state index in [9.17, 15) is 9.18 Å². The van der Waals surface area contributed by atoms with E-state index in [4.69, 9.17) is 0 Å². The first kappa shape index (κ1) is 22.5. The third kappa shape index (κ3) is 10.3. The number of rotatable bonds is 5. The monoisotopic (exact) mass is 341 g/mol. The van der Waals surface area contributed by atoms with Crippen molar-refractivity contribution in [3.05, 3.63) is 35.4 Å². The minimum Gasteiger partial charge on any atom is -0.462 e. The molecule has 1 aromatic rings. The summed E-state index contributed by atoms with van der Waals surface area (Å²) in [6, 6.07) is 8.31. The average Bonchev–Trinajstić information content (AvgIpc) is 2.50. The number of piperazine rings is 1. The largest absolute Gasteiger partial charge is 0.462 e. The van der Waals surface area contributed by atoms with Crippen LogP contribution in [0.3, 0.4) is 0 Å². The molecule has 6 heteroatoms. The highest BCUT2D eigenvalue weighted by atomic mass is 19.1. The van der Waals surface area contributed by atoms with Crippen molar-refractivity contribution in [2.24, 2.45) is 0 Å². The van der Waals surface area contributed by atoms with Gasteiger partial charge in [0.2, 0.25) is 0 Å². The molecule has 0 atom stereocenters. The zero-order chi connectivity index (χ0) is 17.1. The van der Waals surface area contributed by atoms with Crippen LogP contribution in [0.1, 0.15) is 31.9 Å². The lowest BCUT2D eigenvalue weighted by Crippen LogP contribution is -2.42. The smallest absolute Gasteiger partial charge is 0.293 e. The first-order chi connectivity index (χ1) is 10.9. The van der Waals surface area contributed by atoms with Gasteiger partial charge in [0, 0.05) is 39.1 Å². The van der Waals surface area contributed by atoms with Crippen LogP contribution in [0.15, 0.2) is 24.3 Å². The molecule has 5 nitrogen and oxygen atoms in total. The second-order valence-electron chi connectivity index (χ2n) is 6.61. The molecule has 24 heavy (non-hydrogen) atoms. The molecule has 1 aliphatic rings. The summed E-state index contributed by atoms with van der Waals surface area (Å²) >= 11 is 0. The Bertz CT molecular complexity index is 441. The fourth-order valence-corrected chi connectivity index (χ4v) is 2.19. The lowest BCUT2D eigenvalue weighted by atomic mass is 10.1. The lowest BCUT2D eigenvalue weighted by Gasteiger charge is -2.27. The quantitative estimate of drug-likeness (QED) is 0.805. The first-order valence-electron chi connectivity index (χ1n) is 8.13. The number of nitrogens with one attached hydrogen (secondary N) is 1. The molecule has 0 saturated carbocycles. The minimum absolute atomic E-state index is 0. The average molecular weight is 341 g/mol. The van der Waals surface area contributed by atoms with Crippen LogP contribution in [-0.4, -0.2) is 49.8 Å². The van der Waals surface area contributed by atoms with Gasteiger partial charge in [-0.25, -0.2) is 0 Å². The number of hydrogen-bond donors (Lipinski definition) is 2. The van der Waals surface area contributed by atoms with Gasteiger partial charge in [0.1, 0.15) is 5.60 Å². The normalized spacial score (nSPS) is 14.8. The third-order valence-corrected chi connectivity index (χ3v) is 3.42. The summed E-state index contributed by atoms with van der Waals surface area (Å²) in [5.74, 6) is 0. The molecule has 0 unspecified atom stereocenters. The molecule has 1 aliphatic heterocycles. The van der Waals surface area contributed by atoms with Crippen molar-refractivity contribution in [3.8, 4) is 0 Å². The molecular weight excluding hydrogens is 309 g/mol. The maximum atomic E-state index is 12.1. The SMILES string of the molecule is CC(C)(C)OC=O.FCCc1ccc(CN2CCNCC2)cc1.N. The first-order valence-corrected chi connectivity index (χ1v) is 8.13. The van der Waals surface area contributed by atoms with Gasteiger partial charge in [-0.1, -0.05) is 24.3 Å². The van der Waals surface area contributed by atoms with E-state index in [-0.39, 0.29) is 18.4 Å². The molecule has 1 heterocycles. The van der Waals surface area contributed by atoms with Gasteiger partial charge in [-0.3, -0.25) is 14.1 Å². The van der Waals surface area contributed by atoms with Crippen molar-refractivity contribution in [1.29, 1.82) is 0 Å². The Morgan fingerprint density at radius 1 is 1.17 bits per heavy atom. The van der Waals surface area contributed by atoms with Crippen LogP contribution in [0.25, 0.3) is 0 Å². The van der Waals surface area contributed by atoms with Crippen LogP contribution >= 0.6 is 0 Å². The van der Waals surface area contributed by atoms with Gasteiger partial charge in [-0.05, 0) is 31.9 Å². The molecule has 2 rings (SSSR count). The van der Waals surface area contributed by atoms with E-state index < -0.39 is 0 Å². The number of carbonyl (C=O) groups is 1. The molecule has 1 aromatic carbocycles. The Labute approximate surface area is 145 Å². The topological polar surface area (TPSA) is 76.6 Å². The summed E-state index contributed by atoms with van der Waals surface area (Å²) in [5, 5.41) is 3.34. The fraction of sp³-hybridized carbons (Fsp3) is 0.611. The Balaban J connectivity index is 0.000000570. The minimum atomic E-state index is -0.318. The summed E-state index contributed by atoms with van der Waals surface area (Å²) in [5.41, 5.74) is 2.10. The molecule has 0 aliphatic carbocycles. The zero-order valence-corrected chi connectivity index (χ0v) is 15.2. The van der Waals surface area contributed by atoms with E-state index in [2.05, 4.69) is 27.1 Å². The Morgan fingerprint density at radius 3 is 2.12 bits per heavy atom. The Morgan fingerprint density at radius 2 is 1.71 bits per heavy atom. The lowest BCUT2D eigenvalue weighted by molar-refractivity contribution is -0.138. The van der Waals surface area contributed by atoms with E-state index in [0.717, 1.165) is 38.3 Å². The number of benzene rings is 1. The maximum absolute atomic E-state index is 12.1. The van der Waals surface area contributed by atoms with Crippen LogP contribution in [0.5, 0.6) is 0 Å². The second kappa shape index (κ2) is 11.9. The number of hydrogen-bond acceptors (Lipinski definition) is 5. The van der Waals surface area contributed by atoms with E-state index in [0.29, 0.717) is 12.9 Å². The highest BCUT2D eigenvalue weighted by Gasteiger charge is 2.09. The summed E-state index contributed by atoms with van der Waals surface area (Å²) < 4.78 is 16.7. The Kier molecular flexibility index (Phi) is 11.2. The molecule has 1 fully saturated rings. The van der Waals surface area contributed by atoms with Gasteiger partial charge < -0.3 is 16.2 Å². The number of ether oxygens (including phenoxy) is 1. The molecule has 1 saturated heterocycles. The number of alkyl halides is 1. The molecule has 0 spiro atoms. The summed E-state index contributed by atoms with van der Waals surface area (Å²) in [4.78, 5) is 12.0. The van der Waals surface area contributed by atoms with Crippen LogP contribution in [0, 0.1) is 0 Å². The van der Waals surface area contributed by atoms with Gasteiger partial charge >= 0.3 is 0 Å². The molecule has 0 aromatic heterocycles. The molecule has 0 bridgehead atoms. The van der Waals surface area contributed by atoms with Gasteiger partial charge in [0.15, 0.2) is 0 Å². The van der Waals surface area contributed by atoms with Gasteiger partial charge in [-0.15, -0.1) is 0 Å². The van der Waals surface area contributed by atoms with E-state index in [1.54, 1.807) is 0 Å². The van der Waals surface area contributed by atoms with Crippen molar-refractivity contribution < 1.29 is 13.9 Å². The number of nitrogens with zero attached hydrogens (tertiary/aromatic N) is 1. The van der Waals surface area contributed by atoms with Crippen LogP contribution < -0.4 is 11.5 Å². The van der Waals surface area contributed by atoms with E-state index in [1.165, 1.54) is 5.56 Å². The Hall–Kier alpha value is -1.50. The third-order valence-electron chi connectivity index (χ3n) is 3.42. The molecular formula is C18H32FN3O2. The van der Waals surface area contributed by atoms with Crippen molar-refractivity contribution in [1.82, 2.24) is 16.4 Å². The standard InChI is InChI=1S/C13H19FN2.C5H10O2.H3N/c14-6-5-12-1-3-13(4-2-12)11-16-9-7-15-8-10-16;1-5(2,3)7-4-6;/h1-4,15H,5-11H2;4H,1-3H3;1H3. The highest BCUT2D eigenvalue weighted by molar-refractivity contribution is 5.37. The van der Waals surface area contributed by atoms with Crippen LogP contribution in [-0.2, 0) is 22.5 Å². The van der Waals surface area contributed by atoms with E-state index in [1.807, 2.05) is 32.9 Å². The molecule has 4 N–H and O–H groups in total. The van der Waals surface area contributed by atoms with Gasteiger partial charge in [0.25, 0.3) is 6.47 Å². The van der Waals surface area contributed by atoms with Crippen molar-refractivity contribution in [2.45, 2.75) is 39.3 Å². The van der Waals surface area contributed by atoms with Crippen LogP contribution in [0.4, 0.5) is 4.39 Å². The van der Waals surface area contributed by atoms with Gasteiger partial charge in [0.05, 0.1) is 6.67 Å². The second-order valence-corrected chi connectivity index (χ2v) is 6.61. The predicted molar refractivity (Wildman–Crippen MR) is 96.2 cm³/mol. The molecule has 138 valence electrons. The fourth-order valence-electron chi connectivity index (χ4n) is 2.19. The van der Waals surface area contributed by atoms with Crippen molar-refractivity contribution in [3.63, 3.8) is 0 Å². The number of halogens is 1. The van der Waals surface area contributed by atoms with Gasteiger partial charge in [-0.2, -0.15) is 0 Å². The number of aryl methyl sites for hydroxylation is 1. The summed E-state index contributed by atoms with van der Waals surface area (Å²) in [7, 11) is 0. The van der Waals surface area contributed by atoms with E-state index >= 15 is 0 Å². The predicted octanol–water partition coefficient (Wildman–Crippen LogP) is 2.72. The van der Waals surface area contributed by atoms with Crippen molar-refractivity contribution in [2.75, 3.05) is 32.9 Å².